The molecule has 80 valence electrons. The largest absolute Gasteiger partial charge is 0.353 e. The Morgan fingerprint density at radius 3 is 2.43 bits per heavy atom. The van der Waals surface area contributed by atoms with Crippen LogP contribution in [0.25, 0.3) is 0 Å². The molecule has 1 amide bonds. The van der Waals surface area contributed by atoms with Gasteiger partial charge in [-0.1, -0.05) is 0 Å². The summed E-state index contributed by atoms with van der Waals surface area (Å²) in [6.07, 6.45) is 2.09. The van der Waals surface area contributed by atoms with Crippen LogP contribution in [0.5, 0.6) is 0 Å². The van der Waals surface area contributed by atoms with Gasteiger partial charge in [0.1, 0.15) is 6.29 Å². The first-order chi connectivity index (χ1) is 6.65. The number of hydrogen-bond acceptors (Lipinski definition) is 4. The molecule has 0 aromatic carbocycles. The molecule has 0 unspecified atom stereocenters. The summed E-state index contributed by atoms with van der Waals surface area (Å²) in [7, 11) is 3.10. The summed E-state index contributed by atoms with van der Waals surface area (Å²) in [5.41, 5.74) is 0. The quantitative estimate of drug-likeness (QED) is 0.419. The Balaban J connectivity index is 3.68. The van der Waals surface area contributed by atoms with Gasteiger partial charge in [0.15, 0.2) is 0 Å². The Morgan fingerprint density at radius 1 is 1.36 bits per heavy atom. The number of carbonyl (C=O) groups excluding carboxylic acids is 3. The van der Waals surface area contributed by atoms with Crippen molar-refractivity contribution in [3.05, 3.63) is 0 Å². The summed E-state index contributed by atoms with van der Waals surface area (Å²) >= 11 is 0. The average molecular weight is 200 g/mol. The SMILES string of the molecule is CNC(=O)C(=O)CCC[C@@H](C=O)NC. The summed E-state index contributed by atoms with van der Waals surface area (Å²) in [6, 6.07) is -0.229. The van der Waals surface area contributed by atoms with Gasteiger partial charge in [-0.2, -0.15) is 0 Å². The lowest BCUT2D eigenvalue weighted by Crippen LogP contribution is -2.29. The zero-order chi connectivity index (χ0) is 11.0. The van der Waals surface area contributed by atoms with E-state index < -0.39 is 11.7 Å². The van der Waals surface area contributed by atoms with Crippen molar-refractivity contribution >= 4 is 18.0 Å². The van der Waals surface area contributed by atoms with E-state index >= 15 is 0 Å². The minimum absolute atomic E-state index is 0.186. The molecule has 5 nitrogen and oxygen atoms in total. The zero-order valence-electron chi connectivity index (χ0n) is 8.50. The standard InChI is InChI=1S/C9H16N2O3/c1-10-7(6-12)4-3-5-8(13)9(14)11-2/h6-7,10H,3-5H2,1-2H3,(H,11,14)/t7-/m0/s1. The van der Waals surface area contributed by atoms with Crippen LogP contribution in [-0.2, 0) is 14.4 Å². The van der Waals surface area contributed by atoms with E-state index in [0.717, 1.165) is 6.29 Å². The summed E-state index contributed by atoms with van der Waals surface area (Å²) in [5.74, 6) is -1.01. The van der Waals surface area contributed by atoms with Crippen LogP contribution in [0, 0.1) is 0 Å². The molecule has 0 bridgehead atoms. The molecule has 0 saturated heterocycles. The van der Waals surface area contributed by atoms with Gasteiger partial charge >= 0.3 is 0 Å². The number of aldehydes is 1. The first-order valence-corrected chi connectivity index (χ1v) is 4.53. The minimum atomic E-state index is -0.572. The molecule has 0 rings (SSSR count). The van der Waals surface area contributed by atoms with E-state index in [9.17, 15) is 14.4 Å². The molecule has 0 aliphatic carbocycles. The molecular weight excluding hydrogens is 184 g/mol. The second-order valence-electron chi connectivity index (χ2n) is 2.93. The normalized spacial score (nSPS) is 11.9. The molecule has 0 aliphatic heterocycles. The molecule has 0 aromatic rings. The molecule has 0 aromatic heterocycles. The van der Waals surface area contributed by atoms with Crippen LogP contribution in [0.15, 0.2) is 0 Å². The summed E-state index contributed by atoms with van der Waals surface area (Å²) < 4.78 is 0. The van der Waals surface area contributed by atoms with E-state index in [4.69, 9.17) is 0 Å². The molecule has 0 fully saturated rings. The molecular formula is C9H16N2O3. The van der Waals surface area contributed by atoms with Crippen LogP contribution in [-0.4, -0.2) is 38.1 Å². The van der Waals surface area contributed by atoms with Crippen molar-refractivity contribution in [1.29, 1.82) is 0 Å². The van der Waals surface area contributed by atoms with Gasteiger partial charge in [-0.25, -0.2) is 0 Å². The molecule has 0 aliphatic rings. The van der Waals surface area contributed by atoms with E-state index in [-0.39, 0.29) is 12.5 Å². The summed E-state index contributed by atoms with van der Waals surface area (Å²) in [5, 5.41) is 5.05. The van der Waals surface area contributed by atoms with Gasteiger partial charge in [-0.15, -0.1) is 0 Å². The monoisotopic (exact) mass is 200 g/mol. The number of hydrogen-bond donors (Lipinski definition) is 2. The highest BCUT2D eigenvalue weighted by Crippen LogP contribution is 1.99. The summed E-state index contributed by atoms with van der Waals surface area (Å²) in [4.78, 5) is 32.2. The first kappa shape index (κ1) is 12.8. The first-order valence-electron chi connectivity index (χ1n) is 4.53. The lowest BCUT2D eigenvalue weighted by Gasteiger charge is -2.07. The Morgan fingerprint density at radius 2 is 2.00 bits per heavy atom. The number of nitrogens with one attached hydrogen (secondary N) is 2. The van der Waals surface area contributed by atoms with Gasteiger partial charge in [0.2, 0.25) is 5.78 Å². The van der Waals surface area contributed by atoms with Gasteiger partial charge in [0, 0.05) is 13.5 Å². The van der Waals surface area contributed by atoms with Crippen molar-refractivity contribution in [2.75, 3.05) is 14.1 Å². The van der Waals surface area contributed by atoms with Crippen molar-refractivity contribution in [2.24, 2.45) is 0 Å². The lowest BCUT2D eigenvalue weighted by atomic mass is 10.1. The van der Waals surface area contributed by atoms with Crippen LogP contribution in [0.2, 0.25) is 0 Å². The van der Waals surface area contributed by atoms with Crippen molar-refractivity contribution in [1.82, 2.24) is 10.6 Å². The number of ketones is 1. The third-order valence-corrected chi connectivity index (χ3v) is 1.93. The van der Waals surface area contributed by atoms with Crippen molar-refractivity contribution in [3.63, 3.8) is 0 Å². The fourth-order valence-corrected chi connectivity index (χ4v) is 1.02. The highest BCUT2D eigenvalue weighted by Gasteiger charge is 2.12. The van der Waals surface area contributed by atoms with E-state index in [1.807, 2.05) is 0 Å². The molecule has 14 heavy (non-hydrogen) atoms. The second-order valence-corrected chi connectivity index (χ2v) is 2.93. The predicted molar refractivity (Wildman–Crippen MR) is 51.8 cm³/mol. The van der Waals surface area contributed by atoms with Crippen molar-refractivity contribution < 1.29 is 14.4 Å². The highest BCUT2D eigenvalue weighted by molar-refractivity contribution is 6.36. The average Bonchev–Trinajstić information content (AvgIpc) is 2.22. The van der Waals surface area contributed by atoms with E-state index in [1.165, 1.54) is 7.05 Å². The predicted octanol–water partition coefficient (Wildman–Crippen LogP) is -0.741. The maximum atomic E-state index is 11.0. The Bertz CT molecular complexity index is 216. The van der Waals surface area contributed by atoms with Gasteiger partial charge in [-0.05, 0) is 19.9 Å². The van der Waals surface area contributed by atoms with Crippen molar-refractivity contribution in [2.45, 2.75) is 25.3 Å². The van der Waals surface area contributed by atoms with Crippen LogP contribution in [0.3, 0.4) is 0 Å². The fraction of sp³-hybridized carbons (Fsp3) is 0.667. The van der Waals surface area contributed by atoms with Gasteiger partial charge in [0.05, 0.1) is 6.04 Å². The van der Waals surface area contributed by atoms with Gasteiger partial charge < -0.3 is 15.4 Å². The van der Waals surface area contributed by atoms with Crippen LogP contribution in [0.1, 0.15) is 19.3 Å². The van der Waals surface area contributed by atoms with Crippen LogP contribution >= 0.6 is 0 Å². The highest BCUT2D eigenvalue weighted by atomic mass is 16.2. The third kappa shape index (κ3) is 4.71. The zero-order valence-corrected chi connectivity index (χ0v) is 8.50. The molecule has 1 atom stereocenters. The third-order valence-electron chi connectivity index (χ3n) is 1.93. The topological polar surface area (TPSA) is 75.3 Å². The number of Topliss-reactive ketones (excluding diaryl/α,β-unsaturated/α-hetero) is 1. The molecule has 0 heterocycles. The lowest BCUT2D eigenvalue weighted by molar-refractivity contribution is -0.137. The van der Waals surface area contributed by atoms with E-state index in [1.54, 1.807) is 7.05 Å². The fourth-order valence-electron chi connectivity index (χ4n) is 1.02. The molecule has 5 heteroatoms. The van der Waals surface area contributed by atoms with Gasteiger partial charge in [-0.3, -0.25) is 9.59 Å². The molecule has 0 saturated carbocycles. The van der Waals surface area contributed by atoms with Gasteiger partial charge in [0.25, 0.3) is 5.91 Å². The van der Waals surface area contributed by atoms with E-state index in [0.29, 0.717) is 12.8 Å². The minimum Gasteiger partial charge on any atom is -0.353 e. The number of likely N-dealkylation sites (N-methyl/N-ethyl adjacent to an activating group) is 2. The summed E-state index contributed by atoms with van der Waals surface area (Å²) in [6.45, 7) is 0. The maximum Gasteiger partial charge on any atom is 0.287 e. The number of amides is 1. The molecule has 0 spiro atoms. The maximum absolute atomic E-state index is 11.0. The number of rotatable bonds is 7. The van der Waals surface area contributed by atoms with Crippen LogP contribution < -0.4 is 10.6 Å². The molecule has 2 N–H and O–H groups in total. The second kappa shape index (κ2) is 7.20. The van der Waals surface area contributed by atoms with E-state index in [2.05, 4.69) is 10.6 Å². The number of carbonyl (C=O) groups is 3. The molecule has 0 radical (unpaired) electrons. The van der Waals surface area contributed by atoms with Crippen LogP contribution in [0.4, 0.5) is 0 Å². The van der Waals surface area contributed by atoms with Crippen molar-refractivity contribution in [3.8, 4) is 0 Å². The Labute approximate surface area is 83.2 Å². The Hall–Kier alpha value is -1.23. The smallest absolute Gasteiger partial charge is 0.287 e. The Kier molecular flexibility index (Phi) is 6.57.